The zero-order chi connectivity index (χ0) is 15.9. The molecule has 0 spiro atoms. The number of nitrogens with one attached hydrogen (secondary N) is 1. The maximum atomic E-state index is 13.0. The van der Waals surface area contributed by atoms with Crippen LogP contribution in [-0.4, -0.2) is 33.2 Å². The number of carbonyl (C=O) groups is 1. The molecule has 0 radical (unpaired) electrons. The van der Waals surface area contributed by atoms with Gasteiger partial charge in [-0.1, -0.05) is 0 Å². The van der Waals surface area contributed by atoms with Crippen molar-refractivity contribution in [1.29, 1.82) is 0 Å². The fraction of sp³-hybridized carbons (Fsp3) is 0.308. The summed E-state index contributed by atoms with van der Waals surface area (Å²) in [5, 5.41) is 2.41. The maximum absolute atomic E-state index is 13.0. The van der Waals surface area contributed by atoms with Crippen molar-refractivity contribution in [1.82, 2.24) is 19.9 Å². The van der Waals surface area contributed by atoms with Crippen LogP contribution in [0, 0.1) is 0 Å². The van der Waals surface area contributed by atoms with E-state index in [2.05, 4.69) is 15.3 Å². The molecule has 116 valence electrons. The Hall–Kier alpha value is -2.42. The van der Waals surface area contributed by atoms with Crippen LogP contribution in [0.25, 0.3) is 5.69 Å². The number of nitrogens with two attached hydrogens (primary N) is 1. The molecule has 0 fully saturated rings. The average Bonchev–Trinajstić information content (AvgIpc) is 2.89. The molecule has 0 bridgehead atoms. The topological polar surface area (TPSA) is 85.8 Å². The van der Waals surface area contributed by atoms with Crippen LogP contribution in [0.5, 0.6) is 0 Å². The fourth-order valence-corrected chi connectivity index (χ4v) is 2.57. The van der Waals surface area contributed by atoms with E-state index in [1.54, 1.807) is 12.1 Å². The summed E-state index contributed by atoms with van der Waals surface area (Å²) < 4.78 is 40.6. The number of amides is 1. The average molecular weight is 311 g/mol. The van der Waals surface area contributed by atoms with Gasteiger partial charge in [-0.2, -0.15) is 13.2 Å². The number of carbonyl (C=O) groups excluding carboxylic acids is 1. The molecule has 6 nitrogen and oxygen atoms in total. The molecule has 22 heavy (non-hydrogen) atoms. The second-order valence-electron chi connectivity index (χ2n) is 4.86. The Morgan fingerprint density at radius 3 is 2.86 bits per heavy atom. The lowest BCUT2D eigenvalue weighted by atomic mass is 10.0. The third kappa shape index (κ3) is 2.33. The van der Waals surface area contributed by atoms with E-state index in [0.29, 0.717) is 17.8 Å². The lowest BCUT2D eigenvalue weighted by Gasteiger charge is -2.26. The Kier molecular flexibility index (Phi) is 3.36. The van der Waals surface area contributed by atoms with Crippen LogP contribution in [0.15, 0.2) is 24.7 Å². The van der Waals surface area contributed by atoms with Crippen molar-refractivity contribution in [3.8, 4) is 5.69 Å². The smallest absolute Gasteiger partial charge is 0.364 e. The summed E-state index contributed by atoms with van der Waals surface area (Å²) in [4.78, 5) is 19.2. The van der Waals surface area contributed by atoms with Gasteiger partial charge in [-0.15, -0.1) is 0 Å². The molecule has 3 N–H and O–H groups in total. The molecule has 1 amide bonds. The summed E-state index contributed by atoms with van der Waals surface area (Å²) in [5.41, 5.74) is 5.90. The lowest BCUT2D eigenvalue weighted by molar-refractivity contribution is -0.159. The zero-order valence-corrected chi connectivity index (χ0v) is 11.3. The van der Waals surface area contributed by atoms with Crippen LogP contribution in [-0.2, 0) is 6.42 Å². The Bertz CT molecular complexity index is 725. The minimum Gasteiger partial charge on any atom is -0.364 e. The Morgan fingerprint density at radius 1 is 1.41 bits per heavy atom. The van der Waals surface area contributed by atoms with Crippen molar-refractivity contribution in [2.45, 2.75) is 18.6 Å². The third-order valence-corrected chi connectivity index (χ3v) is 3.49. The summed E-state index contributed by atoms with van der Waals surface area (Å²) in [6, 6.07) is 1.34. The number of imidazole rings is 1. The highest BCUT2D eigenvalue weighted by molar-refractivity contribution is 5.94. The van der Waals surface area contributed by atoms with Crippen LogP contribution in [0.4, 0.5) is 13.2 Å². The van der Waals surface area contributed by atoms with E-state index in [1.807, 2.05) is 0 Å². The van der Waals surface area contributed by atoms with E-state index >= 15 is 0 Å². The zero-order valence-electron chi connectivity index (χ0n) is 11.3. The molecule has 0 aliphatic carbocycles. The van der Waals surface area contributed by atoms with Gasteiger partial charge in [0.2, 0.25) is 0 Å². The number of hydrogen-bond acceptors (Lipinski definition) is 4. The number of hydrogen-bond donors (Lipinski definition) is 2. The van der Waals surface area contributed by atoms with Crippen LogP contribution in [0.3, 0.4) is 0 Å². The maximum Gasteiger partial charge on any atom is 0.409 e. The van der Waals surface area contributed by atoms with E-state index in [9.17, 15) is 18.0 Å². The molecule has 0 aromatic carbocycles. The number of halogens is 3. The van der Waals surface area contributed by atoms with Crippen molar-refractivity contribution >= 4 is 5.91 Å². The Morgan fingerprint density at radius 2 is 2.18 bits per heavy atom. The van der Waals surface area contributed by atoms with Crippen LogP contribution in [0.2, 0.25) is 0 Å². The van der Waals surface area contributed by atoms with Crippen molar-refractivity contribution in [3.63, 3.8) is 0 Å². The lowest BCUT2D eigenvalue weighted by Crippen LogP contribution is -2.39. The van der Waals surface area contributed by atoms with E-state index in [1.165, 1.54) is 17.1 Å². The van der Waals surface area contributed by atoms with Crippen LogP contribution < -0.4 is 11.1 Å². The quantitative estimate of drug-likeness (QED) is 0.870. The molecular formula is C13H12F3N5O. The standard InChI is InChI=1S/C13H12F3N5O/c14-13(15,16)11-9-8(3-5-19-11)21(6-20-9)7-2-1-4-18-10(7)12(17)22/h1-2,4,6,11,19H,3,5H2,(H2,17,22). The summed E-state index contributed by atoms with van der Waals surface area (Å²) in [6.07, 6.45) is -1.42. The fourth-order valence-electron chi connectivity index (χ4n) is 2.57. The van der Waals surface area contributed by atoms with E-state index in [4.69, 9.17) is 5.73 Å². The van der Waals surface area contributed by atoms with Gasteiger partial charge in [0, 0.05) is 24.9 Å². The number of fused-ring (bicyclic) bond motifs is 1. The van der Waals surface area contributed by atoms with Gasteiger partial charge in [-0.25, -0.2) is 9.97 Å². The molecular weight excluding hydrogens is 299 g/mol. The van der Waals surface area contributed by atoms with Gasteiger partial charge in [0.1, 0.15) is 6.04 Å². The van der Waals surface area contributed by atoms with Gasteiger partial charge in [0.25, 0.3) is 5.91 Å². The molecule has 1 atom stereocenters. The van der Waals surface area contributed by atoms with Crippen LogP contribution >= 0.6 is 0 Å². The van der Waals surface area contributed by atoms with Crippen molar-refractivity contribution in [2.75, 3.05) is 6.54 Å². The molecule has 9 heteroatoms. The third-order valence-electron chi connectivity index (χ3n) is 3.49. The first-order valence-corrected chi connectivity index (χ1v) is 6.51. The predicted octanol–water partition coefficient (Wildman–Crippen LogP) is 1.12. The second-order valence-corrected chi connectivity index (χ2v) is 4.86. The highest BCUT2D eigenvalue weighted by Gasteiger charge is 2.45. The second kappa shape index (κ2) is 5.09. The number of pyridine rings is 1. The molecule has 1 aliphatic rings. The number of nitrogens with zero attached hydrogens (tertiary/aromatic N) is 3. The largest absolute Gasteiger partial charge is 0.409 e. The number of aromatic nitrogens is 3. The number of rotatable bonds is 2. The molecule has 0 saturated carbocycles. The van der Waals surface area contributed by atoms with E-state index in [0.717, 1.165) is 0 Å². The summed E-state index contributed by atoms with van der Waals surface area (Å²) in [5.74, 6) is -0.751. The highest BCUT2D eigenvalue weighted by Crippen LogP contribution is 2.36. The first kappa shape index (κ1) is 14.5. The summed E-state index contributed by atoms with van der Waals surface area (Å²) in [6.45, 7) is 0.162. The first-order valence-electron chi connectivity index (χ1n) is 6.51. The molecule has 1 unspecified atom stereocenters. The first-order chi connectivity index (χ1) is 10.4. The molecule has 0 saturated heterocycles. The Labute approximate surface area is 123 Å². The number of alkyl halides is 3. The van der Waals surface area contributed by atoms with Gasteiger partial charge in [-0.05, 0) is 12.1 Å². The van der Waals surface area contributed by atoms with Gasteiger partial charge in [0.05, 0.1) is 17.7 Å². The summed E-state index contributed by atoms with van der Waals surface area (Å²) >= 11 is 0. The highest BCUT2D eigenvalue weighted by atomic mass is 19.4. The molecule has 1 aliphatic heterocycles. The number of primary amides is 1. The van der Waals surface area contributed by atoms with Gasteiger partial charge in [-0.3, -0.25) is 4.79 Å². The molecule has 2 aromatic heterocycles. The van der Waals surface area contributed by atoms with E-state index < -0.39 is 18.1 Å². The predicted molar refractivity (Wildman–Crippen MR) is 70.4 cm³/mol. The van der Waals surface area contributed by atoms with Gasteiger partial charge in [0.15, 0.2) is 5.69 Å². The normalized spacial score (nSPS) is 18.0. The minimum atomic E-state index is -4.43. The van der Waals surface area contributed by atoms with Crippen molar-refractivity contribution < 1.29 is 18.0 Å². The van der Waals surface area contributed by atoms with Gasteiger partial charge >= 0.3 is 6.18 Å². The van der Waals surface area contributed by atoms with Gasteiger partial charge < -0.3 is 15.6 Å². The van der Waals surface area contributed by atoms with Crippen molar-refractivity contribution in [2.24, 2.45) is 5.73 Å². The van der Waals surface area contributed by atoms with Crippen LogP contribution in [0.1, 0.15) is 27.9 Å². The SMILES string of the molecule is NC(=O)c1ncccc1-n1cnc2c1CCNC2C(F)(F)F. The van der Waals surface area contributed by atoms with Crippen molar-refractivity contribution in [3.05, 3.63) is 41.7 Å². The van der Waals surface area contributed by atoms with E-state index in [-0.39, 0.29) is 17.9 Å². The molecule has 3 rings (SSSR count). The minimum absolute atomic E-state index is 0.00945. The molecule has 3 heterocycles. The summed E-state index contributed by atoms with van der Waals surface area (Å²) in [7, 11) is 0. The Balaban J connectivity index is 2.13. The molecule has 2 aromatic rings. The monoisotopic (exact) mass is 311 g/mol.